The summed E-state index contributed by atoms with van der Waals surface area (Å²) in [4.78, 5) is 44.0. The number of hydrogen-bond donors (Lipinski definition) is 1. The molecule has 29 heavy (non-hydrogen) atoms. The van der Waals surface area contributed by atoms with Crippen molar-refractivity contribution in [1.82, 2.24) is 14.3 Å². The number of rotatable bonds is 4. The van der Waals surface area contributed by atoms with Gasteiger partial charge in [0.15, 0.2) is 5.69 Å². The van der Waals surface area contributed by atoms with Crippen molar-refractivity contribution in [3.05, 3.63) is 65.7 Å². The largest absolute Gasteiger partial charge is 0.465 e. The Balaban J connectivity index is 1.70. The molecule has 1 aromatic carbocycles. The average molecular weight is 392 g/mol. The van der Waals surface area contributed by atoms with Crippen LogP contribution in [0.25, 0.3) is 5.52 Å². The lowest BCUT2D eigenvalue weighted by Gasteiger charge is -2.13. The quantitative estimate of drug-likeness (QED) is 0.689. The van der Waals surface area contributed by atoms with E-state index in [0.717, 1.165) is 12.8 Å². The average Bonchev–Trinajstić information content (AvgIpc) is 3.41. The van der Waals surface area contributed by atoms with Gasteiger partial charge in [0.2, 0.25) is 5.82 Å². The molecule has 0 bridgehead atoms. The molecule has 0 radical (unpaired) electrons. The first-order chi connectivity index (χ1) is 14.1. The van der Waals surface area contributed by atoms with E-state index in [1.165, 1.54) is 7.11 Å². The summed E-state index contributed by atoms with van der Waals surface area (Å²) in [5.41, 5.74) is 1.36. The molecule has 0 spiro atoms. The number of nitrogens with zero attached hydrogens (tertiary/aromatic N) is 3. The van der Waals surface area contributed by atoms with E-state index in [0.29, 0.717) is 24.3 Å². The van der Waals surface area contributed by atoms with Gasteiger partial charge in [-0.3, -0.25) is 14.0 Å². The Morgan fingerprint density at radius 2 is 1.76 bits per heavy atom. The first kappa shape index (κ1) is 18.7. The highest BCUT2D eigenvalue weighted by Gasteiger charge is 2.27. The maximum Gasteiger partial charge on any atom is 0.339 e. The fraction of sp³-hybridized carbons (Fsp3) is 0.238. The lowest BCUT2D eigenvalue weighted by atomic mass is 10.2. The molecule has 0 atom stereocenters. The van der Waals surface area contributed by atoms with Gasteiger partial charge in [0, 0.05) is 19.3 Å². The minimum atomic E-state index is -0.557. The van der Waals surface area contributed by atoms with Crippen LogP contribution >= 0.6 is 0 Å². The van der Waals surface area contributed by atoms with Gasteiger partial charge in [0.25, 0.3) is 11.8 Å². The Morgan fingerprint density at radius 3 is 2.52 bits per heavy atom. The summed E-state index contributed by atoms with van der Waals surface area (Å²) < 4.78 is 6.35. The van der Waals surface area contributed by atoms with Gasteiger partial charge in [-0.1, -0.05) is 18.2 Å². The number of anilines is 1. The van der Waals surface area contributed by atoms with Crippen LogP contribution in [0, 0.1) is 0 Å². The van der Waals surface area contributed by atoms with Crippen molar-refractivity contribution in [3.8, 4) is 0 Å². The topological polar surface area (TPSA) is 93.0 Å². The lowest BCUT2D eigenvalue weighted by Crippen LogP contribution is -2.28. The summed E-state index contributed by atoms with van der Waals surface area (Å²) in [6, 6.07) is 11.9. The first-order valence-electron chi connectivity index (χ1n) is 9.35. The van der Waals surface area contributed by atoms with Crippen LogP contribution in [-0.2, 0) is 4.74 Å². The Kier molecular flexibility index (Phi) is 4.99. The van der Waals surface area contributed by atoms with Gasteiger partial charge in [-0.2, -0.15) is 0 Å². The molecule has 1 aliphatic heterocycles. The second-order valence-electron chi connectivity index (χ2n) is 6.73. The zero-order valence-corrected chi connectivity index (χ0v) is 15.9. The number of amides is 2. The zero-order valence-electron chi connectivity index (χ0n) is 15.9. The van der Waals surface area contributed by atoms with Gasteiger partial charge < -0.3 is 15.0 Å². The number of fused-ring (bicyclic) bond motifs is 1. The second-order valence-corrected chi connectivity index (χ2v) is 6.73. The van der Waals surface area contributed by atoms with Crippen molar-refractivity contribution in [2.75, 3.05) is 25.5 Å². The highest BCUT2D eigenvalue weighted by molar-refractivity contribution is 6.08. The molecule has 3 heterocycles. The number of pyridine rings is 1. The molecular formula is C21H20N4O4. The third-order valence-corrected chi connectivity index (χ3v) is 4.93. The van der Waals surface area contributed by atoms with E-state index in [1.54, 1.807) is 58.0 Å². The molecule has 4 rings (SSSR count). The van der Waals surface area contributed by atoms with E-state index in [-0.39, 0.29) is 23.0 Å². The summed E-state index contributed by atoms with van der Waals surface area (Å²) in [6.45, 7) is 1.39. The third kappa shape index (κ3) is 3.44. The minimum absolute atomic E-state index is 0.0721. The van der Waals surface area contributed by atoms with Crippen LogP contribution < -0.4 is 5.32 Å². The van der Waals surface area contributed by atoms with Crippen LogP contribution in [-0.4, -0.2) is 52.3 Å². The summed E-state index contributed by atoms with van der Waals surface area (Å²) in [7, 11) is 1.28. The number of aromatic nitrogens is 2. The van der Waals surface area contributed by atoms with Gasteiger partial charge in [-0.15, -0.1) is 0 Å². The van der Waals surface area contributed by atoms with E-state index in [4.69, 9.17) is 4.74 Å². The van der Waals surface area contributed by atoms with Gasteiger partial charge in [-0.05, 0) is 37.1 Å². The number of carbonyl (C=O) groups excluding carboxylic acids is 3. The van der Waals surface area contributed by atoms with Crippen molar-refractivity contribution < 1.29 is 19.1 Å². The monoisotopic (exact) mass is 392 g/mol. The van der Waals surface area contributed by atoms with Crippen LogP contribution in [0.2, 0.25) is 0 Å². The van der Waals surface area contributed by atoms with Crippen LogP contribution in [0.15, 0.2) is 48.7 Å². The summed E-state index contributed by atoms with van der Waals surface area (Å²) in [5.74, 6) is -1.19. The van der Waals surface area contributed by atoms with Crippen molar-refractivity contribution in [2.24, 2.45) is 0 Å². The summed E-state index contributed by atoms with van der Waals surface area (Å²) in [5, 5.41) is 2.71. The predicted octanol–water partition coefficient (Wildman–Crippen LogP) is 2.61. The molecular weight excluding hydrogens is 372 g/mol. The predicted molar refractivity (Wildman–Crippen MR) is 106 cm³/mol. The van der Waals surface area contributed by atoms with E-state index in [9.17, 15) is 14.4 Å². The number of hydrogen-bond acceptors (Lipinski definition) is 5. The maximum atomic E-state index is 13.0. The molecule has 148 valence electrons. The zero-order chi connectivity index (χ0) is 20.4. The number of methoxy groups -OCH3 is 1. The molecule has 1 N–H and O–H groups in total. The van der Waals surface area contributed by atoms with E-state index in [2.05, 4.69) is 10.3 Å². The number of likely N-dealkylation sites (tertiary alicyclic amines) is 1. The van der Waals surface area contributed by atoms with Crippen molar-refractivity contribution >= 4 is 29.0 Å². The normalized spacial score (nSPS) is 13.5. The third-order valence-electron chi connectivity index (χ3n) is 4.93. The molecule has 0 aliphatic carbocycles. The number of para-hydroxylation sites is 1. The van der Waals surface area contributed by atoms with Crippen LogP contribution in [0.5, 0.6) is 0 Å². The summed E-state index contributed by atoms with van der Waals surface area (Å²) in [6.07, 6.45) is 3.62. The second kappa shape index (κ2) is 7.75. The van der Waals surface area contributed by atoms with Crippen LogP contribution in [0.3, 0.4) is 0 Å². The molecule has 1 saturated heterocycles. The first-order valence-corrected chi connectivity index (χ1v) is 9.35. The Hall–Kier alpha value is -3.68. The molecule has 1 fully saturated rings. The van der Waals surface area contributed by atoms with Crippen molar-refractivity contribution in [3.63, 3.8) is 0 Å². The van der Waals surface area contributed by atoms with Crippen molar-refractivity contribution in [2.45, 2.75) is 12.8 Å². The molecule has 8 nitrogen and oxygen atoms in total. The number of imidazole rings is 1. The Bertz CT molecular complexity index is 1100. The Labute approximate surface area is 167 Å². The highest BCUT2D eigenvalue weighted by Crippen LogP contribution is 2.21. The van der Waals surface area contributed by atoms with Gasteiger partial charge in [0.1, 0.15) is 0 Å². The van der Waals surface area contributed by atoms with Crippen LogP contribution in [0.1, 0.15) is 44.3 Å². The Morgan fingerprint density at radius 1 is 1.03 bits per heavy atom. The molecule has 2 aromatic heterocycles. The maximum absolute atomic E-state index is 13.0. The fourth-order valence-electron chi connectivity index (χ4n) is 3.48. The number of carbonyl (C=O) groups is 3. The molecule has 8 heteroatoms. The molecule has 1 aliphatic rings. The van der Waals surface area contributed by atoms with Crippen LogP contribution in [0.4, 0.5) is 5.69 Å². The SMILES string of the molecule is COC(=O)c1ccccc1NC(=O)c1nc(C(=O)N2CCCC2)c2ccccn12. The molecule has 0 unspecified atom stereocenters. The van der Waals surface area contributed by atoms with E-state index >= 15 is 0 Å². The minimum Gasteiger partial charge on any atom is -0.465 e. The molecule has 2 amide bonds. The smallest absolute Gasteiger partial charge is 0.339 e. The number of benzene rings is 1. The van der Waals surface area contributed by atoms with Gasteiger partial charge in [-0.25, -0.2) is 9.78 Å². The molecule has 0 saturated carbocycles. The van der Waals surface area contributed by atoms with E-state index in [1.807, 2.05) is 0 Å². The lowest BCUT2D eigenvalue weighted by molar-refractivity contribution is 0.0601. The van der Waals surface area contributed by atoms with E-state index < -0.39 is 11.9 Å². The summed E-state index contributed by atoms with van der Waals surface area (Å²) >= 11 is 0. The number of nitrogens with one attached hydrogen (secondary N) is 1. The fourth-order valence-corrected chi connectivity index (χ4v) is 3.48. The number of esters is 1. The number of ether oxygens (including phenoxy) is 1. The highest BCUT2D eigenvalue weighted by atomic mass is 16.5. The van der Waals surface area contributed by atoms with Gasteiger partial charge >= 0.3 is 5.97 Å². The van der Waals surface area contributed by atoms with Crippen molar-refractivity contribution in [1.29, 1.82) is 0 Å². The van der Waals surface area contributed by atoms with Gasteiger partial charge in [0.05, 0.1) is 23.9 Å². The standard InChI is InChI=1S/C21H20N4O4/c1-29-21(28)14-8-2-3-9-15(14)22-19(26)18-23-17(16-10-4-5-13-25(16)18)20(27)24-11-6-7-12-24/h2-5,8-10,13H,6-7,11-12H2,1H3,(H,22,26). The molecule has 3 aromatic rings.